The van der Waals surface area contributed by atoms with Gasteiger partial charge in [0.25, 0.3) is 0 Å². The lowest BCUT2D eigenvalue weighted by Crippen LogP contribution is -2.51. The van der Waals surface area contributed by atoms with Crippen molar-refractivity contribution in [3.05, 3.63) is 34.9 Å². The van der Waals surface area contributed by atoms with Crippen LogP contribution in [0, 0.1) is 5.92 Å². The van der Waals surface area contributed by atoms with E-state index in [9.17, 15) is 14.4 Å². The molecule has 0 spiro atoms. The summed E-state index contributed by atoms with van der Waals surface area (Å²) in [6, 6.07) is 4.56. The smallest absolute Gasteiger partial charge is 0.328 e. The monoisotopic (exact) mass is 442 g/mol. The van der Waals surface area contributed by atoms with Gasteiger partial charge in [-0.1, -0.05) is 29.9 Å². The molecule has 1 amide bonds. The molecule has 8 heteroatoms. The Labute approximate surface area is 186 Å². The number of rotatable bonds is 6. The Balaban J connectivity index is 1.47. The number of ketones is 1. The van der Waals surface area contributed by atoms with E-state index in [1.807, 2.05) is 24.3 Å². The molecule has 0 bridgehead atoms. The fourth-order valence-corrected chi connectivity index (χ4v) is 5.12. The number of methoxy groups -OCH3 is 2. The van der Waals surface area contributed by atoms with Crippen molar-refractivity contribution in [1.29, 1.82) is 0 Å². The highest BCUT2D eigenvalue weighted by Crippen LogP contribution is 2.32. The number of hydrogen-bond donors (Lipinski definition) is 1. The van der Waals surface area contributed by atoms with Crippen LogP contribution in [-0.2, 0) is 25.5 Å². The lowest BCUT2D eigenvalue weighted by atomic mass is 9.90. The summed E-state index contributed by atoms with van der Waals surface area (Å²) in [5, 5.41) is 3.11. The Hall–Kier alpha value is -2.58. The van der Waals surface area contributed by atoms with Crippen LogP contribution in [0.1, 0.15) is 30.4 Å². The van der Waals surface area contributed by atoms with E-state index in [0.717, 1.165) is 28.9 Å². The second-order valence-electron chi connectivity index (χ2n) is 8.20. The summed E-state index contributed by atoms with van der Waals surface area (Å²) < 4.78 is 10.1. The summed E-state index contributed by atoms with van der Waals surface area (Å²) in [5.41, 5.74) is 3.21. The van der Waals surface area contributed by atoms with Crippen molar-refractivity contribution in [1.82, 2.24) is 10.2 Å². The standard InChI is InChI=1S/C23H26N2O5S/c1-29-16-6-5-14-8-13(9-15(14)11-16)10-18(26)20-19(31)12-24-21(20)22(27)25-7-3-4-17(25)23(28)30-2/h5-6,9,11,17,20-21,24H,3-4,7-8,10,12H2,1-2H3/t17-,20?,21-/m0/s1. The number of amides is 1. The average Bonchev–Trinajstić information content (AvgIpc) is 3.49. The summed E-state index contributed by atoms with van der Waals surface area (Å²) in [7, 11) is 2.95. The molecule has 2 heterocycles. The minimum atomic E-state index is -0.727. The van der Waals surface area contributed by atoms with E-state index in [1.165, 1.54) is 12.0 Å². The molecule has 1 aromatic rings. The largest absolute Gasteiger partial charge is 0.497 e. The van der Waals surface area contributed by atoms with Gasteiger partial charge in [-0.15, -0.1) is 0 Å². The predicted molar refractivity (Wildman–Crippen MR) is 119 cm³/mol. The van der Waals surface area contributed by atoms with Crippen molar-refractivity contribution in [3.63, 3.8) is 0 Å². The van der Waals surface area contributed by atoms with Crippen LogP contribution >= 0.6 is 12.2 Å². The Morgan fingerprint density at radius 3 is 2.81 bits per heavy atom. The first-order valence-electron chi connectivity index (χ1n) is 10.5. The second-order valence-corrected chi connectivity index (χ2v) is 8.73. The highest BCUT2D eigenvalue weighted by molar-refractivity contribution is 7.80. The van der Waals surface area contributed by atoms with E-state index in [2.05, 4.69) is 5.32 Å². The molecular formula is C23H26N2O5S. The van der Waals surface area contributed by atoms with Crippen LogP contribution < -0.4 is 10.1 Å². The van der Waals surface area contributed by atoms with E-state index in [-0.39, 0.29) is 18.1 Å². The SMILES string of the molecule is COC(=O)[C@@H]1CCCN1C(=O)[C@H]1NCC(=S)C1C(=O)CC1=Cc2cc(OC)ccc2C1. The maximum Gasteiger partial charge on any atom is 0.328 e. The normalized spacial score (nSPS) is 24.7. The fourth-order valence-electron chi connectivity index (χ4n) is 4.77. The van der Waals surface area contributed by atoms with Crippen molar-refractivity contribution in [2.24, 2.45) is 5.92 Å². The van der Waals surface area contributed by atoms with Crippen molar-refractivity contribution in [2.75, 3.05) is 27.3 Å². The molecule has 3 atom stereocenters. The molecule has 4 rings (SSSR count). The number of nitrogens with one attached hydrogen (secondary N) is 1. The van der Waals surface area contributed by atoms with E-state index in [4.69, 9.17) is 21.7 Å². The zero-order chi connectivity index (χ0) is 22.1. The molecule has 7 nitrogen and oxygen atoms in total. The van der Waals surface area contributed by atoms with Crippen molar-refractivity contribution < 1.29 is 23.9 Å². The van der Waals surface area contributed by atoms with Crippen LogP contribution in [-0.4, -0.2) is 66.8 Å². The first kappa shape index (κ1) is 21.6. The zero-order valence-corrected chi connectivity index (χ0v) is 18.5. The molecule has 2 fully saturated rings. The third kappa shape index (κ3) is 4.14. The molecule has 1 N–H and O–H groups in total. The van der Waals surface area contributed by atoms with E-state index in [0.29, 0.717) is 30.8 Å². The van der Waals surface area contributed by atoms with E-state index < -0.39 is 24.0 Å². The van der Waals surface area contributed by atoms with Crippen LogP contribution in [0.5, 0.6) is 5.75 Å². The van der Waals surface area contributed by atoms with Crippen molar-refractivity contribution in [3.8, 4) is 5.75 Å². The van der Waals surface area contributed by atoms with Gasteiger partial charge in [-0.2, -0.15) is 0 Å². The Kier molecular flexibility index (Phi) is 6.20. The molecule has 3 aliphatic rings. The number of Topliss-reactive ketones (excluding diaryl/α,β-unsaturated/α-hetero) is 1. The molecule has 0 saturated carbocycles. The van der Waals surface area contributed by atoms with Gasteiger partial charge in [0, 0.05) is 24.4 Å². The lowest BCUT2D eigenvalue weighted by Gasteiger charge is -2.28. The van der Waals surface area contributed by atoms with Crippen LogP contribution in [0.15, 0.2) is 23.8 Å². The zero-order valence-electron chi connectivity index (χ0n) is 17.7. The quantitative estimate of drug-likeness (QED) is 0.530. The molecule has 164 valence electrons. The summed E-state index contributed by atoms with van der Waals surface area (Å²) in [6.45, 7) is 0.822. The average molecular weight is 443 g/mol. The molecule has 0 aromatic heterocycles. The number of nitrogens with zero attached hydrogens (tertiary/aromatic N) is 1. The number of esters is 1. The molecular weight excluding hydrogens is 416 g/mol. The first-order valence-corrected chi connectivity index (χ1v) is 10.9. The molecule has 0 radical (unpaired) electrons. The van der Waals surface area contributed by atoms with Gasteiger partial charge in [0.2, 0.25) is 5.91 Å². The highest BCUT2D eigenvalue weighted by atomic mass is 32.1. The van der Waals surface area contributed by atoms with Gasteiger partial charge in [0.15, 0.2) is 0 Å². The molecule has 2 aliphatic heterocycles. The van der Waals surface area contributed by atoms with Gasteiger partial charge in [-0.3, -0.25) is 9.59 Å². The maximum atomic E-state index is 13.2. The van der Waals surface area contributed by atoms with Gasteiger partial charge in [-0.05, 0) is 42.5 Å². The van der Waals surface area contributed by atoms with Crippen molar-refractivity contribution in [2.45, 2.75) is 37.8 Å². The number of thiocarbonyl (C=S) groups is 1. The van der Waals surface area contributed by atoms with Crippen LogP contribution in [0.3, 0.4) is 0 Å². The van der Waals surface area contributed by atoms with Gasteiger partial charge in [-0.25, -0.2) is 4.79 Å². The molecule has 2 saturated heterocycles. The van der Waals surface area contributed by atoms with Gasteiger partial charge in [0.1, 0.15) is 23.6 Å². The Bertz CT molecular complexity index is 973. The molecule has 1 aromatic carbocycles. The summed E-state index contributed by atoms with van der Waals surface area (Å²) in [6.07, 6.45) is 4.27. The third-order valence-corrected chi connectivity index (χ3v) is 6.73. The minimum Gasteiger partial charge on any atom is -0.497 e. The molecule has 1 unspecified atom stereocenters. The van der Waals surface area contributed by atoms with Crippen LogP contribution in [0.25, 0.3) is 6.08 Å². The Morgan fingerprint density at radius 1 is 1.26 bits per heavy atom. The van der Waals surface area contributed by atoms with Gasteiger partial charge >= 0.3 is 5.97 Å². The van der Waals surface area contributed by atoms with Crippen LogP contribution in [0.4, 0.5) is 0 Å². The highest BCUT2D eigenvalue weighted by Gasteiger charge is 2.46. The second kappa shape index (κ2) is 8.88. The number of hydrogen-bond acceptors (Lipinski definition) is 7. The number of carbonyl (C=O) groups excluding carboxylic acids is 3. The van der Waals surface area contributed by atoms with Crippen LogP contribution in [0.2, 0.25) is 0 Å². The summed E-state index contributed by atoms with van der Waals surface area (Å²) in [4.78, 5) is 40.6. The van der Waals surface area contributed by atoms with Crippen molar-refractivity contribution >= 4 is 40.8 Å². The fraction of sp³-hybridized carbons (Fsp3) is 0.478. The van der Waals surface area contributed by atoms with E-state index >= 15 is 0 Å². The minimum absolute atomic E-state index is 0.0619. The van der Waals surface area contributed by atoms with Gasteiger partial charge < -0.3 is 19.7 Å². The third-order valence-electron chi connectivity index (χ3n) is 6.33. The summed E-state index contributed by atoms with van der Waals surface area (Å²) in [5.74, 6) is -0.618. The molecule has 31 heavy (non-hydrogen) atoms. The number of likely N-dealkylation sites (tertiary alicyclic amines) is 1. The predicted octanol–water partition coefficient (Wildman–Crippen LogP) is 1.72. The topological polar surface area (TPSA) is 84.9 Å². The van der Waals surface area contributed by atoms with E-state index in [1.54, 1.807) is 7.11 Å². The first-order chi connectivity index (χ1) is 14.9. The Morgan fingerprint density at radius 2 is 2.06 bits per heavy atom. The number of carbonyl (C=O) groups is 3. The number of benzene rings is 1. The van der Waals surface area contributed by atoms with Gasteiger partial charge in [0.05, 0.1) is 20.1 Å². The number of fused-ring (bicyclic) bond motifs is 1. The lowest BCUT2D eigenvalue weighted by molar-refractivity contribution is -0.151. The summed E-state index contributed by atoms with van der Waals surface area (Å²) >= 11 is 5.45. The number of ether oxygens (including phenoxy) is 2. The number of allylic oxidation sites excluding steroid dienone is 1. The molecule has 1 aliphatic carbocycles. The maximum absolute atomic E-state index is 13.2.